The highest BCUT2D eigenvalue weighted by atomic mass is 32.2. The Morgan fingerprint density at radius 1 is 1.21 bits per heavy atom. The Kier molecular flexibility index (Phi) is 6.65. The molecule has 14 heavy (non-hydrogen) atoms. The zero-order chi connectivity index (χ0) is 11.1. The van der Waals surface area contributed by atoms with E-state index in [-0.39, 0.29) is 16.0 Å². The highest BCUT2D eigenvalue weighted by molar-refractivity contribution is 8.17. The molecule has 0 fully saturated rings. The van der Waals surface area contributed by atoms with Crippen LogP contribution in [0.15, 0.2) is 0 Å². The topological polar surface area (TPSA) is 60.4 Å². The minimum atomic E-state index is -0.591. The van der Waals surface area contributed by atoms with Gasteiger partial charge in [0.2, 0.25) is 0 Å². The van der Waals surface area contributed by atoms with Gasteiger partial charge in [-0.1, -0.05) is 23.5 Å². The molecule has 0 saturated carbocycles. The fourth-order valence-corrected chi connectivity index (χ4v) is 2.27. The molecule has 0 spiro atoms. The fraction of sp³-hybridized carbons (Fsp3) is 0.625. The zero-order valence-corrected chi connectivity index (χ0v) is 9.87. The molecule has 0 aromatic carbocycles. The van der Waals surface area contributed by atoms with Crippen LogP contribution < -0.4 is 0 Å². The zero-order valence-electron chi connectivity index (χ0n) is 8.23. The Morgan fingerprint density at radius 2 is 1.79 bits per heavy atom. The van der Waals surface area contributed by atoms with E-state index in [9.17, 15) is 14.4 Å². The molecule has 0 aliphatic carbocycles. The predicted molar refractivity (Wildman–Crippen MR) is 57.2 cm³/mol. The highest BCUT2D eigenvalue weighted by Crippen LogP contribution is 2.18. The van der Waals surface area contributed by atoms with Gasteiger partial charge in [0.15, 0.2) is 10.2 Å². The molecule has 0 bridgehead atoms. The number of methoxy groups -OCH3 is 1. The van der Waals surface area contributed by atoms with Crippen molar-refractivity contribution in [1.82, 2.24) is 0 Å². The van der Waals surface area contributed by atoms with Crippen LogP contribution in [0.5, 0.6) is 0 Å². The van der Waals surface area contributed by atoms with Gasteiger partial charge >= 0.3 is 5.97 Å². The molecule has 0 saturated heterocycles. The van der Waals surface area contributed by atoms with Crippen LogP contribution in [-0.2, 0) is 19.1 Å². The second-order valence-corrected chi connectivity index (χ2v) is 5.00. The van der Waals surface area contributed by atoms with Crippen LogP contribution in [0.2, 0.25) is 0 Å². The summed E-state index contributed by atoms with van der Waals surface area (Å²) in [5, 5.41) is -0.834. The van der Waals surface area contributed by atoms with Gasteiger partial charge in [-0.05, 0) is 0 Å². The summed E-state index contributed by atoms with van der Waals surface area (Å²) in [4.78, 5) is 32.6. The van der Waals surface area contributed by atoms with Crippen molar-refractivity contribution in [2.24, 2.45) is 0 Å². The third kappa shape index (κ3) is 6.04. The van der Waals surface area contributed by atoms with Gasteiger partial charge in [-0.25, -0.2) is 0 Å². The quantitative estimate of drug-likeness (QED) is 0.681. The van der Waals surface area contributed by atoms with E-state index in [1.165, 1.54) is 21.0 Å². The molecule has 0 radical (unpaired) electrons. The van der Waals surface area contributed by atoms with Gasteiger partial charge in [-0.2, -0.15) is 0 Å². The average molecular weight is 236 g/mol. The smallest absolute Gasteiger partial charge is 0.320 e. The van der Waals surface area contributed by atoms with Crippen molar-refractivity contribution < 1.29 is 19.1 Å². The lowest BCUT2D eigenvalue weighted by Gasteiger charge is -2.10. The molecule has 0 aliphatic rings. The first-order valence-corrected chi connectivity index (χ1v) is 5.72. The molecule has 0 N–H and O–H groups in total. The Hall–Kier alpha value is -0.490. The van der Waals surface area contributed by atoms with Gasteiger partial charge < -0.3 is 4.74 Å². The van der Waals surface area contributed by atoms with Crippen molar-refractivity contribution in [3.8, 4) is 0 Å². The van der Waals surface area contributed by atoms with E-state index in [1.807, 2.05) is 0 Å². The van der Waals surface area contributed by atoms with Crippen molar-refractivity contribution in [1.29, 1.82) is 0 Å². The lowest BCUT2D eigenvalue weighted by molar-refractivity contribution is -0.139. The van der Waals surface area contributed by atoms with Crippen LogP contribution in [0.25, 0.3) is 0 Å². The standard InChI is InChI=1S/C8H12O4S2/c1-5(9)13-4-7(8(11)12-3)14-6(2)10/h7H,4H2,1-3H3/t7-/m0/s1. The monoisotopic (exact) mass is 236 g/mol. The first-order valence-electron chi connectivity index (χ1n) is 3.85. The van der Waals surface area contributed by atoms with Gasteiger partial charge in [0.05, 0.1) is 7.11 Å². The average Bonchev–Trinajstić information content (AvgIpc) is 2.10. The first-order chi connectivity index (χ1) is 6.47. The maximum Gasteiger partial charge on any atom is 0.320 e. The largest absolute Gasteiger partial charge is 0.468 e. The lowest BCUT2D eigenvalue weighted by Crippen LogP contribution is -2.23. The van der Waals surface area contributed by atoms with Gasteiger partial charge in [0.25, 0.3) is 0 Å². The SMILES string of the molecule is COC(=O)[C@H](CSC(C)=O)SC(C)=O. The Labute approximate surface area is 91.1 Å². The summed E-state index contributed by atoms with van der Waals surface area (Å²) in [5.74, 6) is -0.203. The van der Waals surface area contributed by atoms with E-state index in [0.29, 0.717) is 0 Å². The highest BCUT2D eigenvalue weighted by Gasteiger charge is 2.22. The molecular weight excluding hydrogens is 224 g/mol. The molecule has 1 atom stereocenters. The molecule has 0 aliphatic heterocycles. The summed E-state index contributed by atoms with van der Waals surface area (Å²) in [7, 11) is 1.26. The molecular formula is C8H12O4S2. The van der Waals surface area contributed by atoms with Crippen LogP contribution >= 0.6 is 23.5 Å². The predicted octanol–water partition coefficient (Wildman–Crippen LogP) is 1.09. The second kappa shape index (κ2) is 6.89. The van der Waals surface area contributed by atoms with E-state index in [0.717, 1.165) is 23.5 Å². The van der Waals surface area contributed by atoms with Crippen LogP contribution in [0.4, 0.5) is 0 Å². The number of thioether (sulfide) groups is 2. The number of carbonyl (C=O) groups is 3. The number of esters is 1. The Morgan fingerprint density at radius 3 is 2.14 bits per heavy atom. The molecule has 0 unspecified atom stereocenters. The lowest BCUT2D eigenvalue weighted by atomic mass is 10.5. The van der Waals surface area contributed by atoms with E-state index in [1.54, 1.807) is 0 Å². The Balaban J connectivity index is 4.17. The molecule has 0 aromatic rings. The van der Waals surface area contributed by atoms with Gasteiger partial charge in [-0.3, -0.25) is 14.4 Å². The fourth-order valence-electron chi connectivity index (χ4n) is 0.675. The molecule has 6 heteroatoms. The molecule has 80 valence electrons. The van der Waals surface area contributed by atoms with E-state index in [2.05, 4.69) is 4.74 Å². The van der Waals surface area contributed by atoms with Crippen molar-refractivity contribution >= 4 is 39.7 Å². The summed E-state index contributed by atoms with van der Waals surface area (Å²) in [6.45, 7) is 2.79. The molecule has 0 heterocycles. The van der Waals surface area contributed by atoms with Crippen molar-refractivity contribution in [2.45, 2.75) is 19.1 Å². The third-order valence-electron chi connectivity index (χ3n) is 1.21. The van der Waals surface area contributed by atoms with E-state index >= 15 is 0 Å². The molecule has 0 aromatic heterocycles. The Bertz CT molecular complexity index is 239. The summed E-state index contributed by atoms with van der Waals surface area (Å²) in [6, 6.07) is 0. The maximum absolute atomic E-state index is 11.1. The maximum atomic E-state index is 11.1. The third-order valence-corrected chi connectivity index (χ3v) is 3.30. The van der Waals surface area contributed by atoms with Crippen molar-refractivity contribution in [3.05, 3.63) is 0 Å². The van der Waals surface area contributed by atoms with Crippen LogP contribution in [0, 0.1) is 0 Å². The number of rotatable bonds is 4. The van der Waals surface area contributed by atoms with E-state index < -0.39 is 11.2 Å². The summed E-state index contributed by atoms with van der Waals surface area (Å²) in [5.41, 5.74) is 0. The number of ether oxygens (including phenoxy) is 1. The minimum Gasteiger partial charge on any atom is -0.468 e. The van der Waals surface area contributed by atoms with Crippen LogP contribution in [0.3, 0.4) is 0 Å². The van der Waals surface area contributed by atoms with Gasteiger partial charge in [0.1, 0.15) is 5.25 Å². The second-order valence-electron chi connectivity index (χ2n) is 2.42. The molecule has 4 nitrogen and oxygen atoms in total. The van der Waals surface area contributed by atoms with Gasteiger partial charge in [-0.15, -0.1) is 0 Å². The van der Waals surface area contributed by atoms with Crippen LogP contribution in [0.1, 0.15) is 13.8 Å². The van der Waals surface area contributed by atoms with E-state index in [4.69, 9.17) is 0 Å². The number of hydrogen-bond acceptors (Lipinski definition) is 6. The summed E-state index contributed by atoms with van der Waals surface area (Å²) >= 11 is 1.90. The van der Waals surface area contributed by atoms with Crippen molar-refractivity contribution in [2.75, 3.05) is 12.9 Å². The molecule has 0 rings (SSSR count). The van der Waals surface area contributed by atoms with Crippen LogP contribution in [-0.4, -0.2) is 34.3 Å². The number of hydrogen-bond donors (Lipinski definition) is 0. The summed E-state index contributed by atoms with van der Waals surface area (Å²) in [6.07, 6.45) is 0. The first kappa shape index (κ1) is 13.5. The van der Waals surface area contributed by atoms with Gasteiger partial charge in [0, 0.05) is 19.6 Å². The normalized spacial score (nSPS) is 11.9. The molecule has 0 amide bonds. The minimum absolute atomic E-state index is 0.0805. The van der Waals surface area contributed by atoms with Crippen molar-refractivity contribution in [3.63, 3.8) is 0 Å². The number of carbonyl (C=O) groups excluding carboxylic acids is 3. The summed E-state index contributed by atoms with van der Waals surface area (Å²) < 4.78 is 4.51.